The standard InChI is InChI=1S/C15H20FNO2/c1-17-13-10-15(5-2-7-18-8-6-15)19-14-9-11(16)3-4-12(13)14/h3-4,9,13,17H,2,5-8,10H2,1H3. The molecule has 1 saturated heterocycles. The van der Waals surface area contributed by atoms with E-state index in [1.165, 1.54) is 12.1 Å². The van der Waals surface area contributed by atoms with E-state index in [0.717, 1.165) is 44.5 Å². The van der Waals surface area contributed by atoms with Crippen LogP contribution in [0.5, 0.6) is 5.75 Å². The van der Waals surface area contributed by atoms with E-state index in [4.69, 9.17) is 9.47 Å². The summed E-state index contributed by atoms with van der Waals surface area (Å²) in [6.07, 6.45) is 3.77. The molecule has 2 aliphatic heterocycles. The van der Waals surface area contributed by atoms with Gasteiger partial charge in [-0.2, -0.15) is 0 Å². The molecule has 1 aromatic carbocycles. The molecule has 0 aromatic heterocycles. The van der Waals surface area contributed by atoms with Gasteiger partial charge in [-0.05, 0) is 26.0 Å². The molecule has 19 heavy (non-hydrogen) atoms. The molecule has 0 radical (unpaired) electrons. The Kier molecular flexibility index (Phi) is 3.46. The summed E-state index contributed by atoms with van der Waals surface area (Å²) >= 11 is 0. The predicted octanol–water partition coefficient (Wildman–Crippen LogP) is 2.81. The van der Waals surface area contributed by atoms with Gasteiger partial charge >= 0.3 is 0 Å². The van der Waals surface area contributed by atoms with Gasteiger partial charge in [0.2, 0.25) is 0 Å². The highest BCUT2D eigenvalue weighted by Crippen LogP contribution is 2.44. The quantitative estimate of drug-likeness (QED) is 0.847. The molecule has 1 fully saturated rings. The van der Waals surface area contributed by atoms with E-state index in [1.54, 1.807) is 0 Å². The first-order valence-corrected chi connectivity index (χ1v) is 6.96. The largest absolute Gasteiger partial charge is 0.487 e. The van der Waals surface area contributed by atoms with Crippen LogP contribution < -0.4 is 10.1 Å². The molecule has 2 unspecified atom stereocenters. The van der Waals surface area contributed by atoms with Crippen LogP contribution in [0.1, 0.15) is 37.3 Å². The first kappa shape index (κ1) is 12.9. The zero-order chi connectivity index (χ0) is 13.3. The molecule has 2 atom stereocenters. The van der Waals surface area contributed by atoms with E-state index in [2.05, 4.69) is 5.32 Å². The second kappa shape index (κ2) is 5.10. The van der Waals surface area contributed by atoms with Crippen molar-refractivity contribution in [2.45, 2.75) is 37.3 Å². The van der Waals surface area contributed by atoms with Gasteiger partial charge in [-0.1, -0.05) is 6.07 Å². The maximum atomic E-state index is 13.4. The minimum absolute atomic E-state index is 0.203. The van der Waals surface area contributed by atoms with Crippen LogP contribution in [0.3, 0.4) is 0 Å². The molecular weight excluding hydrogens is 245 g/mol. The van der Waals surface area contributed by atoms with E-state index in [-0.39, 0.29) is 17.5 Å². The van der Waals surface area contributed by atoms with Crippen LogP contribution in [0, 0.1) is 5.82 Å². The highest BCUT2D eigenvalue weighted by atomic mass is 19.1. The third-order valence-corrected chi connectivity index (χ3v) is 4.23. The Morgan fingerprint density at radius 3 is 3.05 bits per heavy atom. The zero-order valence-corrected chi connectivity index (χ0v) is 11.2. The number of hydrogen-bond donors (Lipinski definition) is 1. The van der Waals surface area contributed by atoms with Gasteiger partial charge in [0.25, 0.3) is 0 Å². The fraction of sp³-hybridized carbons (Fsp3) is 0.600. The molecule has 104 valence electrons. The van der Waals surface area contributed by atoms with E-state index >= 15 is 0 Å². The summed E-state index contributed by atoms with van der Waals surface area (Å²) in [7, 11) is 1.95. The SMILES string of the molecule is CNC1CC2(CCCOCC2)Oc2cc(F)ccc21. The van der Waals surface area contributed by atoms with E-state index in [1.807, 2.05) is 13.1 Å². The molecule has 3 nitrogen and oxygen atoms in total. The molecule has 2 aliphatic rings. The second-order valence-corrected chi connectivity index (χ2v) is 5.48. The predicted molar refractivity (Wildman–Crippen MR) is 70.8 cm³/mol. The van der Waals surface area contributed by atoms with Crippen molar-refractivity contribution < 1.29 is 13.9 Å². The van der Waals surface area contributed by atoms with E-state index in [9.17, 15) is 4.39 Å². The topological polar surface area (TPSA) is 30.5 Å². The van der Waals surface area contributed by atoms with Crippen molar-refractivity contribution in [1.29, 1.82) is 0 Å². The summed E-state index contributed by atoms with van der Waals surface area (Å²) in [5.74, 6) is 0.447. The first-order chi connectivity index (χ1) is 9.22. The average molecular weight is 265 g/mol. The monoisotopic (exact) mass is 265 g/mol. The molecule has 0 aliphatic carbocycles. The molecule has 1 spiro atoms. The zero-order valence-electron chi connectivity index (χ0n) is 11.2. The van der Waals surface area contributed by atoms with Crippen LogP contribution in [-0.2, 0) is 4.74 Å². The smallest absolute Gasteiger partial charge is 0.127 e. The van der Waals surface area contributed by atoms with Crippen molar-refractivity contribution in [3.63, 3.8) is 0 Å². The summed E-state index contributed by atoms with van der Waals surface area (Å²) in [5.41, 5.74) is 0.852. The lowest BCUT2D eigenvalue weighted by Gasteiger charge is -2.41. The number of benzene rings is 1. The lowest BCUT2D eigenvalue weighted by molar-refractivity contribution is 0.0114. The minimum Gasteiger partial charge on any atom is -0.487 e. The minimum atomic E-state index is -0.240. The summed E-state index contributed by atoms with van der Waals surface area (Å²) < 4.78 is 25.2. The fourth-order valence-corrected chi connectivity index (χ4v) is 3.19. The van der Waals surface area contributed by atoms with Crippen LogP contribution in [0.2, 0.25) is 0 Å². The lowest BCUT2D eigenvalue weighted by Crippen LogP contribution is -2.44. The average Bonchev–Trinajstić information content (AvgIpc) is 2.63. The highest BCUT2D eigenvalue weighted by Gasteiger charge is 2.41. The molecular formula is C15H20FNO2. The van der Waals surface area contributed by atoms with Crippen molar-refractivity contribution in [2.24, 2.45) is 0 Å². The third kappa shape index (κ3) is 2.47. The van der Waals surface area contributed by atoms with Crippen molar-refractivity contribution in [1.82, 2.24) is 5.32 Å². The molecule has 0 amide bonds. The van der Waals surface area contributed by atoms with Gasteiger partial charge < -0.3 is 14.8 Å². The Morgan fingerprint density at radius 2 is 2.21 bits per heavy atom. The number of nitrogens with one attached hydrogen (secondary N) is 1. The molecule has 2 heterocycles. The second-order valence-electron chi connectivity index (χ2n) is 5.48. The Labute approximate surface area is 113 Å². The van der Waals surface area contributed by atoms with Crippen molar-refractivity contribution >= 4 is 0 Å². The van der Waals surface area contributed by atoms with Crippen molar-refractivity contribution in [3.8, 4) is 5.75 Å². The summed E-state index contributed by atoms with van der Waals surface area (Å²) in [4.78, 5) is 0. The van der Waals surface area contributed by atoms with Crippen LogP contribution in [0.4, 0.5) is 4.39 Å². The van der Waals surface area contributed by atoms with Gasteiger partial charge in [-0.25, -0.2) is 4.39 Å². The summed E-state index contributed by atoms with van der Waals surface area (Å²) in [6, 6.07) is 5.06. The van der Waals surface area contributed by atoms with E-state index in [0.29, 0.717) is 5.75 Å². The van der Waals surface area contributed by atoms with Gasteiger partial charge in [0, 0.05) is 37.1 Å². The number of ether oxygens (including phenoxy) is 2. The summed E-state index contributed by atoms with van der Waals surface area (Å²) in [5, 5.41) is 3.33. The molecule has 0 saturated carbocycles. The number of hydrogen-bond acceptors (Lipinski definition) is 3. The highest BCUT2D eigenvalue weighted by molar-refractivity contribution is 5.39. The first-order valence-electron chi connectivity index (χ1n) is 6.96. The molecule has 0 bridgehead atoms. The van der Waals surface area contributed by atoms with Gasteiger partial charge in [-0.15, -0.1) is 0 Å². The van der Waals surface area contributed by atoms with Crippen molar-refractivity contribution in [2.75, 3.05) is 20.3 Å². The Bertz CT molecular complexity index is 455. The maximum absolute atomic E-state index is 13.4. The van der Waals surface area contributed by atoms with Gasteiger partial charge in [0.1, 0.15) is 17.2 Å². The van der Waals surface area contributed by atoms with Crippen molar-refractivity contribution in [3.05, 3.63) is 29.6 Å². The van der Waals surface area contributed by atoms with Crippen LogP contribution in [-0.4, -0.2) is 25.9 Å². The Hall–Kier alpha value is -1.13. The van der Waals surface area contributed by atoms with Crippen LogP contribution in [0.15, 0.2) is 18.2 Å². The number of fused-ring (bicyclic) bond motifs is 1. The molecule has 1 aromatic rings. The van der Waals surface area contributed by atoms with Gasteiger partial charge in [0.05, 0.1) is 6.61 Å². The Morgan fingerprint density at radius 1 is 1.32 bits per heavy atom. The lowest BCUT2D eigenvalue weighted by atomic mass is 9.82. The molecule has 4 heteroatoms. The van der Waals surface area contributed by atoms with Crippen LogP contribution >= 0.6 is 0 Å². The van der Waals surface area contributed by atoms with E-state index < -0.39 is 0 Å². The molecule has 1 N–H and O–H groups in total. The number of rotatable bonds is 1. The van der Waals surface area contributed by atoms with Crippen LogP contribution in [0.25, 0.3) is 0 Å². The molecule has 3 rings (SSSR count). The number of halogens is 1. The van der Waals surface area contributed by atoms with Gasteiger partial charge in [-0.3, -0.25) is 0 Å². The maximum Gasteiger partial charge on any atom is 0.127 e. The fourth-order valence-electron chi connectivity index (χ4n) is 3.19. The summed E-state index contributed by atoms with van der Waals surface area (Å²) in [6.45, 7) is 1.52. The third-order valence-electron chi connectivity index (χ3n) is 4.23. The normalized spacial score (nSPS) is 30.5. The van der Waals surface area contributed by atoms with Gasteiger partial charge in [0.15, 0.2) is 0 Å². The Balaban J connectivity index is 1.95.